The van der Waals surface area contributed by atoms with Gasteiger partial charge in [-0.25, -0.2) is 12.8 Å². The molecule has 1 aromatic carbocycles. The number of hydrogen-bond donors (Lipinski definition) is 0. The fourth-order valence-corrected chi connectivity index (χ4v) is 4.98. The third kappa shape index (κ3) is 3.52. The molecule has 0 radical (unpaired) electrons. The fraction of sp³-hybridized carbons (Fsp3) is 0.333. The summed E-state index contributed by atoms with van der Waals surface area (Å²) in [6.45, 7) is 2.27. The van der Waals surface area contributed by atoms with Crippen LogP contribution >= 0.6 is 0 Å². The van der Waals surface area contributed by atoms with E-state index < -0.39 is 15.8 Å². The fourth-order valence-electron chi connectivity index (χ4n) is 3.28. The largest absolute Gasteiger partial charge is 0.339 e. The Morgan fingerprint density at radius 2 is 1.96 bits per heavy atom. The van der Waals surface area contributed by atoms with Crippen molar-refractivity contribution < 1.29 is 17.3 Å². The predicted octanol–water partition coefficient (Wildman–Crippen LogP) is 2.54. The molecule has 10 heteroatoms. The topological polar surface area (TPSA) is 102 Å². The van der Waals surface area contributed by atoms with Crippen LogP contribution in [-0.2, 0) is 10.0 Å². The average Bonchev–Trinajstić information content (AvgIpc) is 3.21. The SMILES string of the molecule is Cc1ccc(F)cc1S(=O)(=O)N1CCC(c2nc(-c3ccnnc3)no2)CC1. The van der Waals surface area contributed by atoms with Gasteiger partial charge in [-0.3, -0.25) is 0 Å². The van der Waals surface area contributed by atoms with Gasteiger partial charge in [0.25, 0.3) is 0 Å². The van der Waals surface area contributed by atoms with E-state index in [0.717, 1.165) is 6.07 Å². The number of rotatable bonds is 4. The second-order valence-corrected chi connectivity index (χ2v) is 8.58. The molecule has 0 amide bonds. The quantitative estimate of drug-likeness (QED) is 0.659. The van der Waals surface area contributed by atoms with E-state index in [1.54, 1.807) is 25.4 Å². The van der Waals surface area contributed by atoms with Crippen molar-refractivity contribution in [2.24, 2.45) is 0 Å². The third-order valence-corrected chi connectivity index (χ3v) is 6.90. The van der Waals surface area contributed by atoms with Gasteiger partial charge in [0.2, 0.25) is 21.7 Å². The second kappa shape index (κ2) is 7.36. The highest BCUT2D eigenvalue weighted by atomic mass is 32.2. The summed E-state index contributed by atoms with van der Waals surface area (Å²) in [4.78, 5) is 4.42. The van der Waals surface area contributed by atoms with E-state index in [9.17, 15) is 12.8 Å². The van der Waals surface area contributed by atoms with Crippen LogP contribution in [-0.4, -0.2) is 46.2 Å². The number of halogens is 1. The molecular formula is C18H18FN5O3S. The van der Waals surface area contributed by atoms with Gasteiger partial charge in [0.1, 0.15) is 5.82 Å². The monoisotopic (exact) mass is 403 g/mol. The van der Waals surface area contributed by atoms with Gasteiger partial charge in [0, 0.05) is 24.6 Å². The normalized spacial score (nSPS) is 16.4. The number of aryl methyl sites for hydroxylation is 1. The number of hydrogen-bond acceptors (Lipinski definition) is 7. The highest BCUT2D eigenvalue weighted by Crippen LogP contribution is 2.31. The molecule has 0 N–H and O–H groups in total. The molecule has 8 nitrogen and oxygen atoms in total. The van der Waals surface area contributed by atoms with Gasteiger partial charge in [0.15, 0.2) is 0 Å². The van der Waals surface area contributed by atoms with Crippen LogP contribution in [0.3, 0.4) is 0 Å². The maximum atomic E-state index is 13.6. The Kier molecular flexibility index (Phi) is 4.90. The van der Waals surface area contributed by atoms with Crippen molar-refractivity contribution in [3.8, 4) is 11.4 Å². The van der Waals surface area contributed by atoms with E-state index in [0.29, 0.717) is 48.8 Å². The summed E-state index contributed by atoms with van der Waals surface area (Å²) in [7, 11) is -3.75. The van der Waals surface area contributed by atoms with Gasteiger partial charge in [0.05, 0.1) is 17.3 Å². The first-order valence-corrected chi connectivity index (χ1v) is 10.3. The maximum Gasteiger partial charge on any atom is 0.243 e. The molecule has 1 aliphatic heterocycles. The summed E-state index contributed by atoms with van der Waals surface area (Å²) in [6, 6.07) is 5.54. The smallest absolute Gasteiger partial charge is 0.243 e. The molecule has 2 aromatic heterocycles. The van der Waals surface area contributed by atoms with Gasteiger partial charge >= 0.3 is 0 Å². The molecule has 0 bridgehead atoms. The summed E-state index contributed by atoms with van der Waals surface area (Å²) in [5.41, 5.74) is 1.22. The predicted molar refractivity (Wildman–Crippen MR) is 97.2 cm³/mol. The minimum atomic E-state index is -3.75. The van der Waals surface area contributed by atoms with Crippen molar-refractivity contribution in [1.82, 2.24) is 24.6 Å². The standard InChI is InChI=1S/C18H18FN5O3S/c1-12-2-3-15(19)10-16(12)28(25,26)24-8-5-13(6-9-24)18-22-17(23-27-18)14-4-7-20-21-11-14/h2-4,7,10-11,13H,5-6,8-9H2,1H3. The Balaban J connectivity index is 1.48. The molecule has 146 valence electrons. The Bertz CT molecular complexity index is 1080. The summed E-state index contributed by atoms with van der Waals surface area (Å²) in [6.07, 6.45) is 4.18. The van der Waals surface area contributed by atoms with Crippen molar-refractivity contribution in [3.63, 3.8) is 0 Å². The zero-order chi connectivity index (χ0) is 19.7. The summed E-state index contributed by atoms with van der Waals surface area (Å²) in [5, 5.41) is 11.5. The molecule has 1 saturated heterocycles. The Labute approximate surface area is 161 Å². The van der Waals surface area contributed by atoms with Crippen molar-refractivity contribution in [2.75, 3.05) is 13.1 Å². The van der Waals surface area contributed by atoms with Crippen LogP contribution in [0.25, 0.3) is 11.4 Å². The lowest BCUT2D eigenvalue weighted by atomic mass is 9.98. The number of sulfonamides is 1. The number of aromatic nitrogens is 4. The minimum Gasteiger partial charge on any atom is -0.339 e. The third-order valence-electron chi connectivity index (χ3n) is 4.86. The molecule has 0 atom stereocenters. The molecule has 3 aromatic rings. The summed E-state index contributed by atoms with van der Waals surface area (Å²) >= 11 is 0. The zero-order valence-corrected chi connectivity index (χ0v) is 15.9. The highest BCUT2D eigenvalue weighted by molar-refractivity contribution is 7.89. The molecule has 4 rings (SSSR count). The number of benzene rings is 1. The Hall–Kier alpha value is -2.72. The van der Waals surface area contributed by atoms with E-state index in [1.807, 2.05) is 0 Å². The maximum absolute atomic E-state index is 13.6. The van der Waals surface area contributed by atoms with E-state index in [4.69, 9.17) is 4.52 Å². The Morgan fingerprint density at radius 1 is 1.18 bits per heavy atom. The van der Waals surface area contributed by atoms with Crippen LogP contribution in [0.2, 0.25) is 0 Å². The molecule has 0 unspecified atom stereocenters. The molecule has 0 spiro atoms. The average molecular weight is 403 g/mol. The minimum absolute atomic E-state index is 0.0104. The van der Waals surface area contributed by atoms with Crippen molar-refractivity contribution in [2.45, 2.75) is 30.6 Å². The molecule has 3 heterocycles. The van der Waals surface area contributed by atoms with Crippen LogP contribution in [0.1, 0.15) is 30.2 Å². The lowest BCUT2D eigenvalue weighted by Crippen LogP contribution is -2.38. The van der Waals surface area contributed by atoms with E-state index >= 15 is 0 Å². The number of nitrogens with zero attached hydrogens (tertiary/aromatic N) is 5. The highest BCUT2D eigenvalue weighted by Gasteiger charge is 2.33. The van der Waals surface area contributed by atoms with Gasteiger partial charge in [-0.2, -0.15) is 19.5 Å². The number of piperidine rings is 1. The van der Waals surface area contributed by atoms with Gasteiger partial charge in [-0.05, 0) is 43.5 Å². The van der Waals surface area contributed by atoms with Crippen LogP contribution < -0.4 is 0 Å². The van der Waals surface area contributed by atoms with Gasteiger partial charge in [-0.1, -0.05) is 11.2 Å². The van der Waals surface area contributed by atoms with Crippen LogP contribution in [0, 0.1) is 12.7 Å². The van der Waals surface area contributed by atoms with E-state index in [2.05, 4.69) is 20.3 Å². The van der Waals surface area contributed by atoms with E-state index in [1.165, 1.54) is 16.4 Å². The van der Waals surface area contributed by atoms with E-state index in [-0.39, 0.29) is 10.8 Å². The second-order valence-electron chi connectivity index (χ2n) is 6.68. The zero-order valence-electron chi connectivity index (χ0n) is 15.1. The molecule has 28 heavy (non-hydrogen) atoms. The molecule has 1 aliphatic rings. The van der Waals surface area contributed by atoms with Crippen molar-refractivity contribution in [3.05, 3.63) is 53.9 Å². The van der Waals surface area contributed by atoms with Crippen LogP contribution in [0.4, 0.5) is 4.39 Å². The Morgan fingerprint density at radius 3 is 2.68 bits per heavy atom. The first-order chi connectivity index (χ1) is 13.4. The molecular weight excluding hydrogens is 385 g/mol. The van der Waals surface area contributed by atoms with Gasteiger partial charge < -0.3 is 4.52 Å². The van der Waals surface area contributed by atoms with Crippen molar-refractivity contribution >= 4 is 10.0 Å². The summed E-state index contributed by atoms with van der Waals surface area (Å²) in [5.74, 6) is 0.306. The lowest BCUT2D eigenvalue weighted by Gasteiger charge is -2.30. The first kappa shape index (κ1) is 18.6. The first-order valence-electron chi connectivity index (χ1n) is 8.82. The molecule has 1 fully saturated rings. The summed E-state index contributed by atoms with van der Waals surface area (Å²) < 4.78 is 46.1. The van der Waals surface area contributed by atoms with Gasteiger partial charge in [-0.15, -0.1) is 0 Å². The van der Waals surface area contributed by atoms with Crippen LogP contribution in [0.5, 0.6) is 0 Å². The van der Waals surface area contributed by atoms with Crippen molar-refractivity contribution in [1.29, 1.82) is 0 Å². The molecule has 0 aliphatic carbocycles. The lowest BCUT2D eigenvalue weighted by molar-refractivity contribution is 0.270. The van der Waals surface area contributed by atoms with Crippen LogP contribution in [0.15, 0.2) is 46.1 Å². The molecule has 0 saturated carbocycles.